The first kappa shape index (κ1) is 11.0. The Morgan fingerprint density at radius 2 is 1.92 bits per heavy atom. The minimum Gasteiger partial charge on any atom is -0.314 e. The lowest BCUT2D eigenvalue weighted by Crippen LogP contribution is -2.29. The van der Waals surface area contributed by atoms with Crippen molar-refractivity contribution in [1.82, 2.24) is 5.32 Å². The van der Waals surface area contributed by atoms with E-state index in [9.17, 15) is 0 Å². The van der Waals surface area contributed by atoms with E-state index in [0.29, 0.717) is 0 Å². The van der Waals surface area contributed by atoms with Crippen molar-refractivity contribution in [2.75, 3.05) is 6.54 Å². The molecule has 0 aromatic carbocycles. The number of hydrogen-bond acceptors (Lipinski definition) is 1. The maximum absolute atomic E-state index is 3.65. The van der Waals surface area contributed by atoms with Gasteiger partial charge in [0.25, 0.3) is 0 Å². The zero-order chi connectivity index (χ0) is 9.52. The van der Waals surface area contributed by atoms with Crippen LogP contribution in [0.25, 0.3) is 0 Å². The molecule has 1 unspecified atom stereocenters. The van der Waals surface area contributed by atoms with E-state index in [1.54, 1.807) is 0 Å². The van der Waals surface area contributed by atoms with Crippen molar-refractivity contribution in [3.8, 4) is 0 Å². The predicted octanol–water partition coefficient (Wildman–Crippen LogP) is 3.34. The van der Waals surface area contributed by atoms with E-state index in [1.165, 1.54) is 51.5 Å². The second-order valence-corrected chi connectivity index (χ2v) is 4.46. The van der Waals surface area contributed by atoms with Crippen molar-refractivity contribution in [2.45, 2.75) is 64.8 Å². The summed E-state index contributed by atoms with van der Waals surface area (Å²) in [6, 6.07) is 0.811. The van der Waals surface area contributed by atoms with Gasteiger partial charge in [-0.15, -0.1) is 0 Å². The van der Waals surface area contributed by atoms with Crippen LogP contribution in [-0.4, -0.2) is 12.6 Å². The fraction of sp³-hybridized carbons (Fsp3) is 1.00. The van der Waals surface area contributed by atoms with Gasteiger partial charge in [0.15, 0.2) is 0 Å². The second-order valence-electron chi connectivity index (χ2n) is 4.46. The highest BCUT2D eigenvalue weighted by Crippen LogP contribution is 2.34. The molecule has 1 N–H and O–H groups in total. The molecule has 0 spiro atoms. The first-order valence-corrected chi connectivity index (χ1v) is 6.10. The van der Waals surface area contributed by atoms with Gasteiger partial charge >= 0.3 is 0 Å². The molecule has 13 heavy (non-hydrogen) atoms. The second kappa shape index (κ2) is 6.42. The van der Waals surface area contributed by atoms with Crippen LogP contribution in [0.3, 0.4) is 0 Å². The molecule has 0 aliphatic heterocycles. The van der Waals surface area contributed by atoms with Crippen LogP contribution in [0.2, 0.25) is 0 Å². The van der Waals surface area contributed by atoms with Gasteiger partial charge in [-0.1, -0.05) is 33.1 Å². The summed E-state index contributed by atoms with van der Waals surface area (Å²) in [4.78, 5) is 0. The Labute approximate surface area is 83.3 Å². The Hall–Kier alpha value is -0.0400. The first-order valence-electron chi connectivity index (χ1n) is 6.10. The molecule has 0 saturated heterocycles. The third-order valence-corrected chi connectivity index (χ3v) is 2.94. The number of rotatable bonds is 8. The normalized spacial score (nSPS) is 18.9. The van der Waals surface area contributed by atoms with Crippen LogP contribution < -0.4 is 5.32 Å². The van der Waals surface area contributed by atoms with Crippen molar-refractivity contribution in [2.24, 2.45) is 5.92 Å². The van der Waals surface area contributed by atoms with E-state index in [4.69, 9.17) is 0 Å². The van der Waals surface area contributed by atoms with E-state index in [1.807, 2.05) is 0 Å². The third-order valence-electron chi connectivity index (χ3n) is 2.94. The summed E-state index contributed by atoms with van der Waals surface area (Å²) in [6.45, 7) is 5.74. The van der Waals surface area contributed by atoms with Gasteiger partial charge in [0, 0.05) is 6.04 Å². The quantitative estimate of drug-likeness (QED) is 0.608. The van der Waals surface area contributed by atoms with Crippen LogP contribution >= 0.6 is 0 Å². The fourth-order valence-corrected chi connectivity index (χ4v) is 1.89. The van der Waals surface area contributed by atoms with Gasteiger partial charge in [-0.3, -0.25) is 0 Å². The van der Waals surface area contributed by atoms with Gasteiger partial charge in [0.1, 0.15) is 0 Å². The maximum atomic E-state index is 3.65. The van der Waals surface area contributed by atoms with E-state index in [-0.39, 0.29) is 0 Å². The van der Waals surface area contributed by atoms with Gasteiger partial charge in [-0.25, -0.2) is 0 Å². The smallest absolute Gasteiger partial charge is 0.00670 e. The van der Waals surface area contributed by atoms with Crippen molar-refractivity contribution in [3.05, 3.63) is 0 Å². The van der Waals surface area contributed by atoms with Gasteiger partial charge < -0.3 is 5.32 Å². The largest absolute Gasteiger partial charge is 0.314 e. The minimum absolute atomic E-state index is 0.811. The Kier molecular flexibility index (Phi) is 5.45. The predicted molar refractivity (Wildman–Crippen MR) is 58.9 cm³/mol. The monoisotopic (exact) mass is 183 g/mol. The molecular weight excluding hydrogens is 158 g/mol. The minimum atomic E-state index is 0.811. The van der Waals surface area contributed by atoms with Crippen molar-refractivity contribution >= 4 is 0 Å². The molecule has 0 amide bonds. The van der Waals surface area contributed by atoms with Gasteiger partial charge in [-0.2, -0.15) is 0 Å². The highest BCUT2D eigenvalue weighted by molar-refractivity contribution is 4.76. The molecule has 0 radical (unpaired) electrons. The van der Waals surface area contributed by atoms with Crippen LogP contribution in [0.1, 0.15) is 58.8 Å². The summed E-state index contributed by atoms with van der Waals surface area (Å²) in [5.74, 6) is 1.10. The Morgan fingerprint density at radius 1 is 1.15 bits per heavy atom. The molecule has 0 heterocycles. The van der Waals surface area contributed by atoms with E-state index in [2.05, 4.69) is 19.2 Å². The molecule has 1 aliphatic rings. The highest BCUT2D eigenvalue weighted by atomic mass is 14.9. The Bertz CT molecular complexity index is 118. The molecule has 1 aliphatic carbocycles. The van der Waals surface area contributed by atoms with Crippen LogP contribution in [0, 0.1) is 5.92 Å². The zero-order valence-corrected chi connectivity index (χ0v) is 9.31. The van der Waals surface area contributed by atoms with Crippen LogP contribution in [0.15, 0.2) is 0 Å². The van der Waals surface area contributed by atoms with E-state index >= 15 is 0 Å². The molecular formula is C12H25N. The Balaban J connectivity index is 2.03. The van der Waals surface area contributed by atoms with E-state index in [0.717, 1.165) is 12.0 Å². The summed E-state index contributed by atoms with van der Waals surface area (Å²) >= 11 is 0. The molecule has 1 heteroatoms. The van der Waals surface area contributed by atoms with Crippen LogP contribution in [0.5, 0.6) is 0 Å². The highest BCUT2D eigenvalue weighted by Gasteiger charge is 2.21. The molecule has 1 fully saturated rings. The SMILES string of the molecule is CCCNC(CCC)CCC1CC1. The molecule has 1 nitrogen and oxygen atoms in total. The lowest BCUT2D eigenvalue weighted by Gasteiger charge is -2.17. The maximum Gasteiger partial charge on any atom is 0.00670 e. The lowest BCUT2D eigenvalue weighted by atomic mass is 10.0. The summed E-state index contributed by atoms with van der Waals surface area (Å²) in [5, 5.41) is 3.65. The number of hydrogen-bond donors (Lipinski definition) is 1. The van der Waals surface area contributed by atoms with Crippen LogP contribution in [-0.2, 0) is 0 Å². The van der Waals surface area contributed by atoms with E-state index < -0.39 is 0 Å². The van der Waals surface area contributed by atoms with Gasteiger partial charge in [0.05, 0.1) is 0 Å². The lowest BCUT2D eigenvalue weighted by molar-refractivity contribution is 0.427. The topological polar surface area (TPSA) is 12.0 Å². The molecule has 1 rings (SSSR count). The molecule has 78 valence electrons. The molecule has 1 saturated carbocycles. The van der Waals surface area contributed by atoms with Gasteiger partial charge in [-0.05, 0) is 38.1 Å². The standard InChI is InChI=1S/C12H25N/c1-3-5-12(13-10-4-2)9-8-11-6-7-11/h11-13H,3-10H2,1-2H3. The summed E-state index contributed by atoms with van der Waals surface area (Å²) in [6.07, 6.45) is 9.86. The van der Waals surface area contributed by atoms with Crippen molar-refractivity contribution in [1.29, 1.82) is 0 Å². The van der Waals surface area contributed by atoms with Gasteiger partial charge in [0.2, 0.25) is 0 Å². The van der Waals surface area contributed by atoms with Crippen LogP contribution in [0.4, 0.5) is 0 Å². The molecule has 1 atom stereocenters. The zero-order valence-electron chi connectivity index (χ0n) is 9.31. The third kappa shape index (κ3) is 5.30. The summed E-state index contributed by atoms with van der Waals surface area (Å²) in [5.41, 5.74) is 0. The Morgan fingerprint density at radius 3 is 2.46 bits per heavy atom. The summed E-state index contributed by atoms with van der Waals surface area (Å²) in [7, 11) is 0. The fourth-order valence-electron chi connectivity index (χ4n) is 1.89. The van der Waals surface area contributed by atoms with Crippen molar-refractivity contribution in [3.63, 3.8) is 0 Å². The van der Waals surface area contributed by atoms with Crippen molar-refractivity contribution < 1.29 is 0 Å². The average molecular weight is 183 g/mol. The molecule has 0 aromatic heterocycles. The average Bonchev–Trinajstić information content (AvgIpc) is 2.93. The molecule has 0 aromatic rings. The first-order chi connectivity index (χ1) is 6.36. The molecule has 0 bridgehead atoms. The number of nitrogens with one attached hydrogen (secondary N) is 1. The summed E-state index contributed by atoms with van der Waals surface area (Å²) < 4.78 is 0.